The fraction of sp³-hybridized carbons (Fsp3) is 0.143. The Morgan fingerprint density at radius 2 is 2.17 bits per heavy atom. The van der Waals surface area contributed by atoms with Gasteiger partial charge in [0.25, 0.3) is 0 Å². The van der Waals surface area contributed by atoms with Crippen LogP contribution in [-0.2, 0) is 11.3 Å². The van der Waals surface area contributed by atoms with Gasteiger partial charge in [-0.1, -0.05) is 12.2 Å². The van der Waals surface area contributed by atoms with Gasteiger partial charge in [0.2, 0.25) is 0 Å². The predicted molar refractivity (Wildman–Crippen MR) is 69.0 cm³/mol. The molecule has 0 saturated heterocycles. The highest BCUT2D eigenvalue weighted by Gasteiger charge is 2.08. The van der Waals surface area contributed by atoms with Crippen LogP contribution in [0.2, 0.25) is 0 Å². The van der Waals surface area contributed by atoms with Crippen LogP contribution >= 0.6 is 0 Å². The van der Waals surface area contributed by atoms with Gasteiger partial charge in [-0.25, -0.2) is 4.79 Å². The predicted octanol–water partition coefficient (Wildman–Crippen LogP) is 2.38. The molecule has 2 aromatic heterocycles. The first-order chi connectivity index (χ1) is 8.81. The van der Waals surface area contributed by atoms with Crippen molar-refractivity contribution in [2.75, 3.05) is 7.11 Å². The SMILES string of the molecule is COC(=O)c1cccn1CC=Cc1ccncc1. The second-order valence-corrected chi connectivity index (χ2v) is 3.72. The molecule has 0 bridgehead atoms. The molecule has 4 nitrogen and oxygen atoms in total. The molecule has 0 fully saturated rings. The maximum absolute atomic E-state index is 11.5. The van der Waals surface area contributed by atoms with E-state index in [1.54, 1.807) is 18.5 Å². The molecule has 0 aliphatic rings. The van der Waals surface area contributed by atoms with Gasteiger partial charge in [-0.15, -0.1) is 0 Å². The van der Waals surface area contributed by atoms with Crippen LogP contribution in [0.5, 0.6) is 0 Å². The summed E-state index contributed by atoms with van der Waals surface area (Å²) in [7, 11) is 1.38. The number of hydrogen-bond donors (Lipinski definition) is 0. The van der Waals surface area contributed by atoms with Gasteiger partial charge in [-0.3, -0.25) is 4.98 Å². The van der Waals surface area contributed by atoms with Crippen LogP contribution in [0.1, 0.15) is 16.1 Å². The van der Waals surface area contributed by atoms with Gasteiger partial charge in [-0.05, 0) is 29.8 Å². The minimum atomic E-state index is -0.322. The fourth-order valence-corrected chi connectivity index (χ4v) is 1.64. The summed E-state index contributed by atoms with van der Waals surface area (Å²) in [5.74, 6) is -0.322. The Bertz CT molecular complexity index is 544. The molecule has 0 saturated carbocycles. The van der Waals surface area contributed by atoms with E-state index in [0.29, 0.717) is 12.2 Å². The molecule has 2 heterocycles. The van der Waals surface area contributed by atoms with Crippen LogP contribution in [0.15, 0.2) is 48.9 Å². The molecule has 0 spiro atoms. The molecule has 0 aliphatic carbocycles. The monoisotopic (exact) mass is 242 g/mol. The van der Waals surface area contributed by atoms with Gasteiger partial charge in [0.1, 0.15) is 5.69 Å². The zero-order chi connectivity index (χ0) is 12.8. The first-order valence-electron chi connectivity index (χ1n) is 5.61. The number of carbonyl (C=O) groups excluding carboxylic acids is 1. The lowest BCUT2D eigenvalue weighted by molar-refractivity contribution is 0.0589. The molecule has 0 atom stereocenters. The Balaban J connectivity index is 2.05. The Hall–Kier alpha value is -2.36. The zero-order valence-electron chi connectivity index (χ0n) is 10.1. The number of pyridine rings is 1. The van der Waals surface area contributed by atoms with Gasteiger partial charge in [0.05, 0.1) is 7.11 Å². The lowest BCUT2D eigenvalue weighted by Crippen LogP contribution is -2.09. The van der Waals surface area contributed by atoms with Gasteiger partial charge >= 0.3 is 5.97 Å². The van der Waals surface area contributed by atoms with E-state index in [9.17, 15) is 4.79 Å². The van der Waals surface area contributed by atoms with Crippen molar-refractivity contribution in [1.29, 1.82) is 0 Å². The van der Waals surface area contributed by atoms with Crippen LogP contribution < -0.4 is 0 Å². The van der Waals surface area contributed by atoms with Crippen LogP contribution in [0.3, 0.4) is 0 Å². The number of esters is 1. The summed E-state index contributed by atoms with van der Waals surface area (Å²) in [5, 5.41) is 0. The number of ether oxygens (including phenoxy) is 1. The molecule has 0 N–H and O–H groups in total. The normalized spacial score (nSPS) is 10.7. The van der Waals surface area contributed by atoms with Crippen molar-refractivity contribution in [3.8, 4) is 0 Å². The number of nitrogens with zero attached hydrogens (tertiary/aromatic N) is 2. The second-order valence-electron chi connectivity index (χ2n) is 3.72. The molecule has 92 valence electrons. The van der Waals surface area contributed by atoms with Crippen molar-refractivity contribution in [1.82, 2.24) is 9.55 Å². The Morgan fingerprint density at radius 3 is 2.89 bits per heavy atom. The van der Waals surface area contributed by atoms with Crippen LogP contribution in [0.25, 0.3) is 6.08 Å². The molecule has 2 rings (SSSR count). The van der Waals surface area contributed by atoms with E-state index in [-0.39, 0.29) is 5.97 Å². The van der Waals surface area contributed by atoms with E-state index in [1.165, 1.54) is 7.11 Å². The number of aromatic nitrogens is 2. The highest BCUT2D eigenvalue weighted by molar-refractivity contribution is 5.87. The molecule has 4 heteroatoms. The minimum absolute atomic E-state index is 0.322. The molecule has 0 unspecified atom stereocenters. The summed E-state index contributed by atoms with van der Waals surface area (Å²) in [6, 6.07) is 7.42. The Kier molecular flexibility index (Phi) is 3.91. The molecule has 0 aliphatic heterocycles. The summed E-state index contributed by atoms with van der Waals surface area (Å²) in [4.78, 5) is 15.4. The average Bonchev–Trinajstić information content (AvgIpc) is 2.87. The first kappa shape index (κ1) is 12.1. The molecule has 0 aromatic carbocycles. The third-order valence-electron chi connectivity index (χ3n) is 2.54. The van der Waals surface area contributed by atoms with Gasteiger partial charge in [-0.2, -0.15) is 0 Å². The number of allylic oxidation sites excluding steroid dienone is 1. The zero-order valence-corrected chi connectivity index (χ0v) is 10.1. The molecule has 0 amide bonds. The van der Waals surface area contributed by atoms with Crippen molar-refractivity contribution in [2.45, 2.75) is 6.54 Å². The van der Waals surface area contributed by atoms with Crippen molar-refractivity contribution >= 4 is 12.0 Å². The largest absolute Gasteiger partial charge is 0.464 e. The Labute approximate surface area is 106 Å². The lowest BCUT2D eigenvalue weighted by Gasteiger charge is -2.04. The van der Waals surface area contributed by atoms with Crippen LogP contribution in [0.4, 0.5) is 0 Å². The third-order valence-corrected chi connectivity index (χ3v) is 2.54. The number of rotatable bonds is 4. The highest BCUT2D eigenvalue weighted by atomic mass is 16.5. The summed E-state index contributed by atoms with van der Waals surface area (Å²) in [6.07, 6.45) is 9.32. The summed E-state index contributed by atoms with van der Waals surface area (Å²) in [6.45, 7) is 0.625. The van der Waals surface area contributed by atoms with Crippen molar-refractivity contribution in [3.05, 3.63) is 60.2 Å². The number of carbonyl (C=O) groups is 1. The van der Waals surface area contributed by atoms with E-state index in [0.717, 1.165) is 5.56 Å². The topological polar surface area (TPSA) is 44.1 Å². The van der Waals surface area contributed by atoms with Crippen molar-refractivity contribution < 1.29 is 9.53 Å². The van der Waals surface area contributed by atoms with E-state index in [2.05, 4.69) is 4.98 Å². The standard InChI is InChI=1S/C14H14N2O2/c1-18-14(17)13-5-3-11-16(13)10-2-4-12-6-8-15-9-7-12/h2-9,11H,10H2,1H3. The Morgan fingerprint density at radius 1 is 1.39 bits per heavy atom. The van der Waals surface area contributed by atoms with Crippen LogP contribution in [-0.4, -0.2) is 22.6 Å². The second kappa shape index (κ2) is 5.82. The smallest absolute Gasteiger partial charge is 0.354 e. The van der Waals surface area contributed by atoms with Gasteiger partial charge < -0.3 is 9.30 Å². The van der Waals surface area contributed by atoms with E-state index < -0.39 is 0 Å². The quantitative estimate of drug-likeness (QED) is 0.773. The van der Waals surface area contributed by atoms with E-state index in [1.807, 2.05) is 41.1 Å². The summed E-state index contributed by atoms with van der Waals surface area (Å²) in [5.41, 5.74) is 1.63. The maximum Gasteiger partial charge on any atom is 0.354 e. The van der Waals surface area contributed by atoms with Gasteiger partial charge in [0, 0.05) is 25.1 Å². The minimum Gasteiger partial charge on any atom is -0.464 e. The maximum atomic E-state index is 11.5. The summed E-state index contributed by atoms with van der Waals surface area (Å²) >= 11 is 0. The third kappa shape index (κ3) is 2.85. The number of methoxy groups -OCH3 is 1. The number of hydrogen-bond acceptors (Lipinski definition) is 3. The highest BCUT2D eigenvalue weighted by Crippen LogP contribution is 2.06. The molecular formula is C14H14N2O2. The van der Waals surface area contributed by atoms with E-state index in [4.69, 9.17) is 4.74 Å². The van der Waals surface area contributed by atoms with Gasteiger partial charge in [0.15, 0.2) is 0 Å². The first-order valence-corrected chi connectivity index (χ1v) is 5.61. The molecular weight excluding hydrogens is 228 g/mol. The molecule has 0 radical (unpaired) electrons. The lowest BCUT2D eigenvalue weighted by atomic mass is 10.2. The fourth-order valence-electron chi connectivity index (χ4n) is 1.64. The van der Waals surface area contributed by atoms with E-state index >= 15 is 0 Å². The molecule has 2 aromatic rings. The summed E-state index contributed by atoms with van der Waals surface area (Å²) < 4.78 is 6.54. The van der Waals surface area contributed by atoms with Crippen molar-refractivity contribution in [3.63, 3.8) is 0 Å². The molecule has 18 heavy (non-hydrogen) atoms. The average molecular weight is 242 g/mol. The van der Waals surface area contributed by atoms with Crippen LogP contribution in [0, 0.1) is 0 Å². The van der Waals surface area contributed by atoms with Crippen molar-refractivity contribution in [2.24, 2.45) is 0 Å².